The van der Waals surface area contributed by atoms with Gasteiger partial charge in [-0.3, -0.25) is 0 Å². The normalized spacial score (nSPS) is 10.4. The van der Waals surface area contributed by atoms with Gasteiger partial charge in [0.05, 0.1) is 6.20 Å². The summed E-state index contributed by atoms with van der Waals surface area (Å²) in [6.45, 7) is 2.20. The molecule has 0 aliphatic heterocycles. The van der Waals surface area contributed by atoms with E-state index in [4.69, 9.17) is 4.52 Å². The number of halogens is 1. The molecule has 0 fully saturated rings. The third kappa shape index (κ3) is 2.66. The highest BCUT2D eigenvalue weighted by Gasteiger charge is 2.02. The monoisotopic (exact) mass is 217 g/mol. The molecule has 0 aliphatic carbocycles. The Balaban J connectivity index is 2.32. The van der Waals surface area contributed by atoms with Gasteiger partial charge in [0, 0.05) is 5.56 Å². The summed E-state index contributed by atoms with van der Waals surface area (Å²) < 4.78 is 5.65. The van der Waals surface area contributed by atoms with Gasteiger partial charge in [-0.2, -0.15) is 0 Å². The third-order valence-corrected chi connectivity index (χ3v) is 2.30. The van der Waals surface area contributed by atoms with E-state index in [1.807, 2.05) is 0 Å². The van der Waals surface area contributed by atoms with Crippen LogP contribution in [0.25, 0.3) is 0 Å². The molecule has 1 aromatic rings. The highest BCUT2D eigenvalue weighted by Crippen LogP contribution is 2.17. The van der Waals surface area contributed by atoms with E-state index in [1.54, 1.807) is 6.20 Å². The SMILES string of the molecule is CCCCCc1cnoc1Br. The number of rotatable bonds is 4. The molecule has 0 aromatic carbocycles. The molecule has 0 saturated carbocycles. The smallest absolute Gasteiger partial charge is 0.205 e. The quantitative estimate of drug-likeness (QED) is 0.725. The van der Waals surface area contributed by atoms with Crippen LogP contribution in [-0.2, 0) is 6.42 Å². The van der Waals surface area contributed by atoms with Gasteiger partial charge in [-0.1, -0.05) is 24.9 Å². The lowest BCUT2D eigenvalue weighted by Crippen LogP contribution is -1.82. The fourth-order valence-corrected chi connectivity index (χ4v) is 1.36. The molecular formula is C8H12BrNO. The molecule has 0 aliphatic rings. The van der Waals surface area contributed by atoms with Crippen molar-refractivity contribution in [1.29, 1.82) is 0 Å². The number of hydrogen-bond donors (Lipinski definition) is 0. The van der Waals surface area contributed by atoms with Gasteiger partial charge in [0.25, 0.3) is 0 Å². The average molecular weight is 218 g/mol. The minimum absolute atomic E-state index is 0.786. The van der Waals surface area contributed by atoms with E-state index in [0.29, 0.717) is 0 Å². The standard InChI is InChI=1S/C8H12BrNO/c1-2-3-4-5-7-6-10-11-8(7)9/h6H,2-5H2,1H3. The first-order chi connectivity index (χ1) is 5.34. The van der Waals surface area contributed by atoms with Crippen LogP contribution in [0.2, 0.25) is 0 Å². The molecule has 1 heterocycles. The molecule has 0 bridgehead atoms. The lowest BCUT2D eigenvalue weighted by atomic mass is 10.1. The second-order valence-electron chi connectivity index (χ2n) is 2.58. The van der Waals surface area contributed by atoms with Gasteiger partial charge >= 0.3 is 0 Å². The Hall–Kier alpha value is -0.310. The van der Waals surface area contributed by atoms with Crippen molar-refractivity contribution in [3.05, 3.63) is 16.4 Å². The van der Waals surface area contributed by atoms with E-state index in [1.165, 1.54) is 24.8 Å². The summed E-state index contributed by atoms with van der Waals surface area (Å²) in [6.07, 6.45) is 6.59. The zero-order valence-electron chi connectivity index (χ0n) is 6.64. The summed E-state index contributed by atoms with van der Waals surface area (Å²) in [5.41, 5.74) is 1.18. The molecule has 11 heavy (non-hydrogen) atoms. The molecule has 3 heteroatoms. The number of aryl methyl sites for hydroxylation is 1. The Kier molecular flexibility index (Phi) is 3.63. The molecule has 62 valence electrons. The average Bonchev–Trinajstić information content (AvgIpc) is 2.37. The van der Waals surface area contributed by atoms with Crippen molar-refractivity contribution in [2.24, 2.45) is 0 Å². The zero-order chi connectivity index (χ0) is 8.10. The summed E-state index contributed by atoms with van der Waals surface area (Å²) in [4.78, 5) is 0. The molecule has 2 nitrogen and oxygen atoms in total. The van der Waals surface area contributed by atoms with Crippen LogP contribution in [0, 0.1) is 0 Å². The predicted octanol–water partition coefficient (Wildman–Crippen LogP) is 3.17. The Morgan fingerprint density at radius 1 is 1.55 bits per heavy atom. The van der Waals surface area contributed by atoms with E-state index in [-0.39, 0.29) is 0 Å². The van der Waals surface area contributed by atoms with Gasteiger partial charge in [-0.05, 0) is 28.8 Å². The highest BCUT2D eigenvalue weighted by molar-refractivity contribution is 9.10. The predicted molar refractivity (Wildman–Crippen MR) is 47.4 cm³/mol. The molecule has 1 rings (SSSR count). The molecule has 0 spiro atoms. The maximum Gasteiger partial charge on any atom is 0.205 e. The number of unbranched alkanes of at least 4 members (excludes halogenated alkanes) is 2. The second kappa shape index (κ2) is 4.54. The summed E-state index contributed by atoms with van der Waals surface area (Å²) >= 11 is 3.29. The minimum Gasteiger partial charge on any atom is -0.349 e. The maximum atomic E-state index is 4.86. The van der Waals surface area contributed by atoms with Crippen molar-refractivity contribution >= 4 is 15.9 Å². The van der Waals surface area contributed by atoms with Crippen molar-refractivity contribution in [3.63, 3.8) is 0 Å². The molecule has 0 saturated heterocycles. The largest absolute Gasteiger partial charge is 0.349 e. The topological polar surface area (TPSA) is 26.0 Å². The van der Waals surface area contributed by atoms with E-state index in [2.05, 4.69) is 28.0 Å². The Morgan fingerprint density at radius 3 is 2.91 bits per heavy atom. The van der Waals surface area contributed by atoms with Crippen LogP contribution in [0.5, 0.6) is 0 Å². The summed E-state index contributed by atoms with van der Waals surface area (Å²) in [5.74, 6) is 0. The highest BCUT2D eigenvalue weighted by atomic mass is 79.9. The molecule has 0 radical (unpaired) electrons. The van der Waals surface area contributed by atoms with Crippen molar-refractivity contribution in [3.8, 4) is 0 Å². The first-order valence-corrected chi connectivity index (χ1v) is 4.73. The molecule has 0 atom stereocenters. The summed E-state index contributed by atoms with van der Waals surface area (Å²) in [5, 5.41) is 3.68. The molecule has 0 N–H and O–H groups in total. The van der Waals surface area contributed by atoms with E-state index < -0.39 is 0 Å². The first-order valence-electron chi connectivity index (χ1n) is 3.93. The van der Waals surface area contributed by atoms with Gasteiger partial charge in [0.2, 0.25) is 4.67 Å². The molecule has 0 unspecified atom stereocenters. The lowest BCUT2D eigenvalue weighted by Gasteiger charge is -1.94. The van der Waals surface area contributed by atoms with Crippen LogP contribution in [-0.4, -0.2) is 5.16 Å². The van der Waals surface area contributed by atoms with Crippen LogP contribution >= 0.6 is 15.9 Å². The van der Waals surface area contributed by atoms with Crippen LogP contribution in [0.1, 0.15) is 31.7 Å². The Morgan fingerprint density at radius 2 is 2.36 bits per heavy atom. The van der Waals surface area contributed by atoms with Crippen molar-refractivity contribution < 1.29 is 4.52 Å². The summed E-state index contributed by atoms with van der Waals surface area (Å²) in [6, 6.07) is 0. The fraction of sp³-hybridized carbons (Fsp3) is 0.625. The molecule has 1 aromatic heterocycles. The third-order valence-electron chi connectivity index (χ3n) is 1.64. The van der Waals surface area contributed by atoms with Crippen molar-refractivity contribution in [2.45, 2.75) is 32.6 Å². The number of hydrogen-bond acceptors (Lipinski definition) is 2. The van der Waals surface area contributed by atoms with Crippen LogP contribution < -0.4 is 0 Å². The first kappa shape index (κ1) is 8.78. The number of nitrogens with zero attached hydrogens (tertiary/aromatic N) is 1. The van der Waals surface area contributed by atoms with Crippen molar-refractivity contribution in [2.75, 3.05) is 0 Å². The van der Waals surface area contributed by atoms with E-state index in [9.17, 15) is 0 Å². The van der Waals surface area contributed by atoms with Gasteiger partial charge in [-0.25, -0.2) is 0 Å². The van der Waals surface area contributed by atoms with Crippen molar-refractivity contribution in [1.82, 2.24) is 5.16 Å². The number of aromatic nitrogens is 1. The Labute approximate surface area is 75.1 Å². The zero-order valence-corrected chi connectivity index (χ0v) is 8.23. The van der Waals surface area contributed by atoms with Gasteiger partial charge in [0.1, 0.15) is 0 Å². The van der Waals surface area contributed by atoms with Crippen LogP contribution in [0.3, 0.4) is 0 Å². The van der Waals surface area contributed by atoms with Gasteiger partial charge in [0.15, 0.2) is 0 Å². The van der Waals surface area contributed by atoms with Crippen LogP contribution in [0.15, 0.2) is 15.4 Å². The lowest BCUT2D eigenvalue weighted by molar-refractivity contribution is 0.398. The van der Waals surface area contributed by atoms with Crippen LogP contribution in [0.4, 0.5) is 0 Å². The summed E-state index contributed by atoms with van der Waals surface area (Å²) in [7, 11) is 0. The molecular weight excluding hydrogens is 206 g/mol. The van der Waals surface area contributed by atoms with Gasteiger partial charge < -0.3 is 4.52 Å². The van der Waals surface area contributed by atoms with Gasteiger partial charge in [-0.15, -0.1) is 0 Å². The minimum atomic E-state index is 0.786. The van der Waals surface area contributed by atoms with E-state index >= 15 is 0 Å². The maximum absolute atomic E-state index is 4.86. The fourth-order valence-electron chi connectivity index (χ4n) is 0.974. The second-order valence-corrected chi connectivity index (χ2v) is 3.30. The Bertz CT molecular complexity index is 210. The molecule has 0 amide bonds. The van der Waals surface area contributed by atoms with E-state index in [0.717, 1.165) is 11.1 Å².